The van der Waals surface area contributed by atoms with E-state index in [1.165, 1.54) is 11.6 Å². The topological polar surface area (TPSA) is 82.7 Å². The number of ether oxygens (including phenoxy) is 1. The van der Waals surface area contributed by atoms with Crippen LogP contribution in [0.15, 0.2) is 63.1 Å². The minimum absolute atomic E-state index is 0.0604. The maximum Gasteiger partial charge on any atom is 0.332 e. The number of hydrogen-bond acceptors (Lipinski definition) is 5. The van der Waals surface area contributed by atoms with Crippen molar-refractivity contribution >= 4 is 17.3 Å². The van der Waals surface area contributed by atoms with Gasteiger partial charge in [0.25, 0.3) is 5.56 Å². The van der Waals surface area contributed by atoms with Gasteiger partial charge in [0.15, 0.2) is 5.78 Å². The van der Waals surface area contributed by atoms with Gasteiger partial charge in [0, 0.05) is 31.1 Å². The lowest BCUT2D eigenvalue weighted by molar-refractivity contribution is 0.0953. The van der Waals surface area contributed by atoms with E-state index in [2.05, 4.69) is 0 Å². The molecule has 5 rings (SSSR count). The number of ketones is 1. The quantitative estimate of drug-likeness (QED) is 0.658. The smallest absolute Gasteiger partial charge is 0.332 e. The first-order chi connectivity index (χ1) is 14.9. The Morgan fingerprint density at radius 3 is 2.26 bits per heavy atom. The number of rotatable bonds is 3. The van der Waals surface area contributed by atoms with E-state index in [1.54, 1.807) is 13.1 Å². The summed E-state index contributed by atoms with van der Waals surface area (Å²) in [6.07, 6.45) is 0. The van der Waals surface area contributed by atoms with Crippen LogP contribution in [-0.2, 0) is 14.1 Å². The monoisotopic (exact) mass is 415 g/mol. The summed E-state index contributed by atoms with van der Waals surface area (Å²) < 4.78 is 8.01. The van der Waals surface area contributed by atoms with Gasteiger partial charge in [-0.15, -0.1) is 0 Å². The summed E-state index contributed by atoms with van der Waals surface area (Å²) in [5.74, 6) is -0.209. The average molecular weight is 415 g/mol. The molecule has 1 aliphatic heterocycles. The van der Waals surface area contributed by atoms with Crippen molar-refractivity contribution in [3.63, 3.8) is 0 Å². The van der Waals surface area contributed by atoms with Gasteiger partial charge in [-0.2, -0.15) is 0 Å². The third kappa shape index (κ3) is 2.66. The molecule has 0 spiro atoms. The molecule has 0 bridgehead atoms. The van der Waals surface area contributed by atoms with Crippen molar-refractivity contribution in [3.05, 3.63) is 91.6 Å². The van der Waals surface area contributed by atoms with Gasteiger partial charge in [-0.1, -0.05) is 36.4 Å². The number of benzene rings is 2. The van der Waals surface area contributed by atoms with Crippen LogP contribution in [0, 0.1) is 5.92 Å². The number of nitrogens with zero attached hydrogens (tertiary/aromatic N) is 3. The number of fused-ring (bicyclic) bond motifs is 4. The van der Waals surface area contributed by atoms with E-state index in [9.17, 15) is 14.4 Å². The molecule has 7 nitrogen and oxygen atoms in total. The van der Waals surface area contributed by atoms with Crippen molar-refractivity contribution in [2.24, 2.45) is 25.0 Å². The minimum atomic E-state index is -0.618. The van der Waals surface area contributed by atoms with E-state index >= 15 is 0 Å². The van der Waals surface area contributed by atoms with Gasteiger partial charge < -0.3 is 4.74 Å². The molecular weight excluding hydrogens is 394 g/mol. The standard InChI is InChI=1S/C24H21N3O4/c1-4-31-14-11-9-13(10-12-14)17-18-20(15-7-5-6-8-16(15)21(18)28)25-22-19(17)23(29)27(3)24(30)26(22)2/h5-12,17-18H,4H2,1-3H3/t17-,18+/m0/s1. The summed E-state index contributed by atoms with van der Waals surface area (Å²) in [5, 5.41) is 0. The molecule has 2 atom stereocenters. The molecule has 2 aromatic carbocycles. The fourth-order valence-electron chi connectivity index (χ4n) is 4.66. The molecule has 0 fully saturated rings. The molecule has 0 saturated carbocycles. The van der Waals surface area contributed by atoms with Crippen molar-refractivity contribution < 1.29 is 9.53 Å². The molecule has 0 N–H and O–H groups in total. The van der Waals surface area contributed by atoms with Gasteiger partial charge in [-0.25, -0.2) is 9.79 Å². The molecule has 31 heavy (non-hydrogen) atoms. The summed E-state index contributed by atoms with van der Waals surface area (Å²) in [6, 6.07) is 14.8. The lowest BCUT2D eigenvalue weighted by Gasteiger charge is -2.30. The second-order valence-corrected chi connectivity index (χ2v) is 7.81. The molecular formula is C24H21N3O4. The predicted molar refractivity (Wildman–Crippen MR) is 117 cm³/mol. The summed E-state index contributed by atoms with van der Waals surface area (Å²) in [4.78, 5) is 44.0. The van der Waals surface area contributed by atoms with Crippen LogP contribution < -0.4 is 16.0 Å². The van der Waals surface area contributed by atoms with E-state index in [1.807, 2.05) is 49.4 Å². The van der Waals surface area contributed by atoms with Gasteiger partial charge in [0.05, 0.1) is 23.8 Å². The number of Topliss-reactive ketones (excluding diaryl/α,β-unsaturated/α-hetero) is 1. The normalized spacial score (nSPS) is 18.8. The SMILES string of the molecule is CCOc1ccc([C@@H]2c3c(n(C)c(=O)n(C)c3=O)N=C3c4ccccc4C(=O)[C@@H]32)cc1. The first-order valence-corrected chi connectivity index (χ1v) is 10.2. The van der Waals surface area contributed by atoms with E-state index in [-0.39, 0.29) is 5.78 Å². The number of aliphatic imine (C=N–C) groups is 1. The second-order valence-electron chi connectivity index (χ2n) is 7.81. The molecule has 2 heterocycles. The molecule has 3 aromatic rings. The first-order valence-electron chi connectivity index (χ1n) is 10.2. The van der Waals surface area contributed by atoms with Crippen LogP contribution in [0.1, 0.15) is 39.9 Å². The minimum Gasteiger partial charge on any atom is -0.494 e. The summed E-state index contributed by atoms with van der Waals surface area (Å²) >= 11 is 0. The Morgan fingerprint density at radius 1 is 0.903 bits per heavy atom. The Kier molecular flexibility index (Phi) is 4.28. The van der Waals surface area contributed by atoms with E-state index in [0.717, 1.165) is 15.7 Å². The Morgan fingerprint density at radius 2 is 1.58 bits per heavy atom. The van der Waals surface area contributed by atoms with Crippen molar-refractivity contribution in [2.75, 3.05) is 6.61 Å². The highest BCUT2D eigenvalue weighted by atomic mass is 16.5. The highest BCUT2D eigenvalue weighted by Crippen LogP contribution is 2.46. The zero-order chi connectivity index (χ0) is 21.9. The van der Waals surface area contributed by atoms with Crippen molar-refractivity contribution in [3.8, 4) is 5.75 Å². The lowest BCUT2D eigenvalue weighted by atomic mass is 9.76. The largest absolute Gasteiger partial charge is 0.494 e. The predicted octanol–water partition coefficient (Wildman–Crippen LogP) is 2.56. The highest BCUT2D eigenvalue weighted by Gasteiger charge is 2.47. The maximum atomic E-state index is 13.5. The Hall–Kier alpha value is -3.74. The Labute approximate surface area is 178 Å². The molecule has 0 saturated heterocycles. The molecule has 156 valence electrons. The number of carbonyl (C=O) groups excluding carboxylic acids is 1. The van der Waals surface area contributed by atoms with Crippen LogP contribution in [0.3, 0.4) is 0 Å². The fourth-order valence-corrected chi connectivity index (χ4v) is 4.66. The summed E-state index contributed by atoms with van der Waals surface area (Å²) in [7, 11) is 3.05. The molecule has 0 unspecified atom stereocenters. The summed E-state index contributed by atoms with van der Waals surface area (Å²) in [5.41, 5.74) is 2.25. The van der Waals surface area contributed by atoms with Gasteiger partial charge in [-0.3, -0.25) is 18.7 Å². The average Bonchev–Trinajstić information content (AvgIpc) is 3.08. The van der Waals surface area contributed by atoms with Crippen LogP contribution >= 0.6 is 0 Å². The molecule has 1 aromatic heterocycles. The zero-order valence-corrected chi connectivity index (χ0v) is 17.5. The maximum absolute atomic E-state index is 13.5. The third-order valence-corrected chi connectivity index (χ3v) is 6.13. The lowest BCUT2D eigenvalue weighted by Crippen LogP contribution is -2.43. The third-order valence-electron chi connectivity index (χ3n) is 6.13. The van der Waals surface area contributed by atoms with Crippen molar-refractivity contribution in [1.82, 2.24) is 9.13 Å². The van der Waals surface area contributed by atoms with Crippen LogP contribution in [-0.4, -0.2) is 27.2 Å². The highest BCUT2D eigenvalue weighted by molar-refractivity contribution is 6.30. The number of hydrogen-bond donors (Lipinski definition) is 0. The second kappa shape index (κ2) is 6.91. The molecule has 1 aliphatic carbocycles. The zero-order valence-electron chi connectivity index (χ0n) is 17.5. The molecule has 0 amide bonds. The van der Waals surface area contributed by atoms with Crippen LogP contribution in [0.4, 0.5) is 5.82 Å². The Balaban J connectivity index is 1.82. The van der Waals surface area contributed by atoms with Gasteiger partial charge in [0.2, 0.25) is 0 Å². The van der Waals surface area contributed by atoms with Gasteiger partial charge in [-0.05, 0) is 24.6 Å². The van der Waals surface area contributed by atoms with Crippen LogP contribution in [0.2, 0.25) is 0 Å². The number of carbonyl (C=O) groups is 1. The van der Waals surface area contributed by atoms with E-state index < -0.39 is 23.1 Å². The van der Waals surface area contributed by atoms with E-state index in [4.69, 9.17) is 9.73 Å². The van der Waals surface area contributed by atoms with Crippen molar-refractivity contribution in [2.45, 2.75) is 12.8 Å². The first kappa shape index (κ1) is 19.2. The van der Waals surface area contributed by atoms with Crippen LogP contribution in [0.5, 0.6) is 5.75 Å². The van der Waals surface area contributed by atoms with Crippen molar-refractivity contribution in [1.29, 1.82) is 0 Å². The van der Waals surface area contributed by atoms with E-state index in [0.29, 0.717) is 35.0 Å². The number of aromatic nitrogens is 2. The molecule has 2 aliphatic rings. The summed E-state index contributed by atoms with van der Waals surface area (Å²) in [6.45, 7) is 2.45. The van der Waals surface area contributed by atoms with Crippen LogP contribution in [0.25, 0.3) is 0 Å². The molecule has 0 radical (unpaired) electrons. The Bertz CT molecular complexity index is 1380. The van der Waals surface area contributed by atoms with Gasteiger partial charge in [0.1, 0.15) is 11.6 Å². The van der Waals surface area contributed by atoms with Gasteiger partial charge >= 0.3 is 5.69 Å². The molecule has 7 heteroatoms. The fraction of sp³-hybridized carbons (Fsp3) is 0.250.